The van der Waals surface area contributed by atoms with E-state index in [0.29, 0.717) is 6.42 Å². The minimum atomic E-state index is -1.58. The Bertz CT molecular complexity index is 1390. The fourth-order valence-corrected chi connectivity index (χ4v) is 8.83. The fraction of sp³-hybridized carbons (Fsp3) is 0.758. The van der Waals surface area contributed by atoms with Crippen LogP contribution in [0.1, 0.15) is 245 Å². The summed E-state index contributed by atoms with van der Waals surface area (Å²) in [5.74, 6) is -0.193. The van der Waals surface area contributed by atoms with E-state index in [1.807, 2.05) is 6.08 Å². The molecule has 0 saturated carbocycles. The zero-order valence-corrected chi connectivity index (χ0v) is 45.5. The van der Waals surface area contributed by atoms with E-state index in [4.69, 9.17) is 9.47 Å². The molecule has 7 atom stereocenters. The van der Waals surface area contributed by atoms with Crippen molar-refractivity contribution in [2.45, 2.75) is 288 Å². The normalized spacial score (nSPS) is 19.9. The van der Waals surface area contributed by atoms with Crippen LogP contribution < -0.4 is 5.32 Å². The third-order valence-electron chi connectivity index (χ3n) is 13.4. The Morgan fingerprint density at radius 2 is 0.887 bits per heavy atom. The van der Waals surface area contributed by atoms with E-state index in [2.05, 4.69) is 92.1 Å². The Kier molecular flexibility index (Phi) is 47.6. The van der Waals surface area contributed by atoms with E-state index in [1.54, 1.807) is 6.08 Å². The highest BCUT2D eigenvalue weighted by Crippen LogP contribution is 2.23. The van der Waals surface area contributed by atoms with Gasteiger partial charge in [0, 0.05) is 6.42 Å². The first-order valence-electron chi connectivity index (χ1n) is 29.3. The van der Waals surface area contributed by atoms with Crippen molar-refractivity contribution in [3.8, 4) is 0 Å². The molecule has 6 N–H and O–H groups in total. The number of nitrogens with one attached hydrogen (secondary N) is 1. The molecule has 410 valence electrons. The molecule has 9 heteroatoms. The molecule has 0 bridgehead atoms. The zero-order valence-electron chi connectivity index (χ0n) is 45.5. The smallest absolute Gasteiger partial charge is 0.220 e. The molecule has 1 heterocycles. The maximum Gasteiger partial charge on any atom is 0.220 e. The van der Waals surface area contributed by atoms with Gasteiger partial charge in [-0.1, -0.05) is 240 Å². The van der Waals surface area contributed by atoms with E-state index in [1.165, 1.54) is 154 Å². The number of carbonyl (C=O) groups is 1. The van der Waals surface area contributed by atoms with Crippen molar-refractivity contribution >= 4 is 5.91 Å². The van der Waals surface area contributed by atoms with E-state index in [-0.39, 0.29) is 12.5 Å². The molecule has 1 saturated heterocycles. The summed E-state index contributed by atoms with van der Waals surface area (Å²) in [4.78, 5) is 13.1. The summed E-state index contributed by atoms with van der Waals surface area (Å²) < 4.78 is 11.3. The molecule has 0 spiro atoms. The molecular weight excluding hydrogens is 887 g/mol. The summed E-state index contributed by atoms with van der Waals surface area (Å²) in [5.41, 5.74) is 0. The first kappa shape index (κ1) is 66.4. The van der Waals surface area contributed by atoms with Crippen molar-refractivity contribution in [2.24, 2.45) is 0 Å². The standard InChI is InChI=1S/C62H109NO8/c1-3-5-7-9-11-13-15-17-19-21-23-25-26-27-28-29-30-32-34-36-38-40-42-44-46-48-50-52-58(66)63-55(54-70-62-61(69)60(68)59(67)57(53-64)71-62)56(65)51-49-47-45-43-41-39-37-35-33-31-24-22-20-18-16-14-12-10-8-6-4-2/h5,7,11,13,17,19,23,25,33,35,41,43,49,51,55-57,59-62,64-65,67-69H,3-4,6,8-10,12,14-16,18,20-22,24,26-32,34,36-40,42,44-48,50,52-54H2,1-2H3,(H,63,66)/b7-5-,13-11-,19-17-,25-23-,35-33+,43-41+,51-49+. The Morgan fingerprint density at radius 1 is 0.493 bits per heavy atom. The van der Waals surface area contributed by atoms with Crippen LogP contribution >= 0.6 is 0 Å². The number of ether oxygens (including phenoxy) is 2. The molecule has 0 aromatic carbocycles. The van der Waals surface area contributed by atoms with Gasteiger partial charge in [-0.05, 0) is 83.5 Å². The molecule has 7 unspecified atom stereocenters. The molecule has 0 aromatic heterocycles. The molecule has 0 aromatic rings. The number of hydrogen-bond donors (Lipinski definition) is 6. The van der Waals surface area contributed by atoms with Gasteiger partial charge in [-0.15, -0.1) is 0 Å². The third kappa shape index (κ3) is 40.4. The Labute approximate surface area is 435 Å². The van der Waals surface area contributed by atoms with Crippen molar-refractivity contribution in [1.82, 2.24) is 5.32 Å². The van der Waals surface area contributed by atoms with Gasteiger partial charge in [0.2, 0.25) is 5.91 Å². The number of aliphatic hydroxyl groups excluding tert-OH is 5. The van der Waals surface area contributed by atoms with Crippen LogP contribution in [0.3, 0.4) is 0 Å². The van der Waals surface area contributed by atoms with Crippen LogP contribution in [0.4, 0.5) is 0 Å². The second-order valence-electron chi connectivity index (χ2n) is 20.0. The lowest BCUT2D eigenvalue weighted by Crippen LogP contribution is -2.60. The Balaban J connectivity index is 2.25. The van der Waals surface area contributed by atoms with Crippen molar-refractivity contribution in [3.05, 3.63) is 85.1 Å². The van der Waals surface area contributed by atoms with Crippen LogP contribution in [-0.2, 0) is 14.3 Å². The van der Waals surface area contributed by atoms with Crippen molar-refractivity contribution < 1.29 is 39.8 Å². The molecule has 71 heavy (non-hydrogen) atoms. The lowest BCUT2D eigenvalue weighted by Gasteiger charge is -2.40. The summed E-state index contributed by atoms with van der Waals surface area (Å²) >= 11 is 0. The van der Waals surface area contributed by atoms with Gasteiger partial charge >= 0.3 is 0 Å². The highest BCUT2D eigenvalue weighted by atomic mass is 16.7. The van der Waals surface area contributed by atoms with Crippen LogP contribution in [0.2, 0.25) is 0 Å². The van der Waals surface area contributed by atoms with Gasteiger partial charge in [0.15, 0.2) is 6.29 Å². The van der Waals surface area contributed by atoms with Gasteiger partial charge in [0.05, 0.1) is 25.4 Å². The first-order valence-corrected chi connectivity index (χ1v) is 29.3. The predicted octanol–water partition coefficient (Wildman–Crippen LogP) is 14.6. The third-order valence-corrected chi connectivity index (χ3v) is 13.4. The molecule has 0 aliphatic carbocycles. The largest absolute Gasteiger partial charge is 0.394 e. The van der Waals surface area contributed by atoms with Gasteiger partial charge in [-0.25, -0.2) is 0 Å². The van der Waals surface area contributed by atoms with Crippen LogP contribution in [0.15, 0.2) is 85.1 Å². The molecule has 1 aliphatic heterocycles. The van der Waals surface area contributed by atoms with Crippen LogP contribution in [0.25, 0.3) is 0 Å². The number of allylic oxidation sites excluding steroid dienone is 13. The zero-order chi connectivity index (χ0) is 51.5. The average Bonchev–Trinajstić information content (AvgIpc) is 3.37. The summed E-state index contributed by atoms with van der Waals surface area (Å²) in [5, 5.41) is 54.5. The first-order chi connectivity index (χ1) is 34.8. The monoisotopic (exact) mass is 996 g/mol. The highest BCUT2D eigenvalue weighted by molar-refractivity contribution is 5.76. The Hall–Kier alpha value is -2.63. The SMILES string of the molecule is CC/C=C\C/C=C\C/C=C\C/C=C\CCCCCCCCCCCCCCCCC(=O)NC(COC1OC(CO)C(O)C(O)C1O)C(O)/C=C/CC/C=C/CC/C=C/CCCCCCCCCCCCC. The van der Waals surface area contributed by atoms with E-state index < -0.39 is 49.5 Å². The van der Waals surface area contributed by atoms with Gasteiger partial charge in [-0.3, -0.25) is 4.79 Å². The molecule has 0 radical (unpaired) electrons. The predicted molar refractivity (Wildman–Crippen MR) is 299 cm³/mol. The lowest BCUT2D eigenvalue weighted by molar-refractivity contribution is -0.302. The number of hydrogen-bond acceptors (Lipinski definition) is 8. The highest BCUT2D eigenvalue weighted by Gasteiger charge is 2.44. The minimum Gasteiger partial charge on any atom is -0.394 e. The number of unbranched alkanes of at least 4 members (excludes halogenated alkanes) is 27. The summed E-state index contributed by atoms with van der Waals surface area (Å²) in [6, 6.07) is -0.833. The molecule has 1 fully saturated rings. The number of amides is 1. The second-order valence-corrected chi connectivity index (χ2v) is 20.0. The summed E-state index contributed by atoms with van der Waals surface area (Å²) in [6.07, 6.45) is 65.0. The van der Waals surface area contributed by atoms with Crippen molar-refractivity contribution in [3.63, 3.8) is 0 Å². The van der Waals surface area contributed by atoms with Gasteiger partial charge in [-0.2, -0.15) is 0 Å². The molecular formula is C62H109NO8. The van der Waals surface area contributed by atoms with E-state index >= 15 is 0 Å². The van der Waals surface area contributed by atoms with Gasteiger partial charge in [0.25, 0.3) is 0 Å². The molecule has 1 rings (SSSR count). The van der Waals surface area contributed by atoms with Crippen LogP contribution in [0, 0.1) is 0 Å². The maximum atomic E-state index is 13.1. The van der Waals surface area contributed by atoms with Crippen molar-refractivity contribution in [2.75, 3.05) is 13.2 Å². The number of rotatable bonds is 49. The van der Waals surface area contributed by atoms with Gasteiger partial charge < -0.3 is 40.3 Å². The quantitative estimate of drug-likeness (QED) is 0.0261. The lowest BCUT2D eigenvalue weighted by atomic mass is 9.99. The summed E-state index contributed by atoms with van der Waals surface area (Å²) in [6.45, 7) is 3.65. The van der Waals surface area contributed by atoms with Crippen LogP contribution in [0.5, 0.6) is 0 Å². The second kappa shape index (κ2) is 50.9. The average molecular weight is 997 g/mol. The number of carbonyl (C=O) groups excluding carboxylic acids is 1. The topological polar surface area (TPSA) is 149 Å². The van der Waals surface area contributed by atoms with E-state index in [0.717, 1.165) is 70.6 Å². The molecule has 1 amide bonds. The van der Waals surface area contributed by atoms with E-state index in [9.17, 15) is 30.3 Å². The van der Waals surface area contributed by atoms with Gasteiger partial charge in [0.1, 0.15) is 24.4 Å². The minimum absolute atomic E-state index is 0.193. The fourth-order valence-electron chi connectivity index (χ4n) is 8.83. The molecule has 9 nitrogen and oxygen atoms in total. The maximum absolute atomic E-state index is 13.1. The number of aliphatic hydroxyl groups is 5. The molecule has 1 aliphatic rings. The van der Waals surface area contributed by atoms with Crippen molar-refractivity contribution in [1.29, 1.82) is 0 Å². The Morgan fingerprint density at radius 3 is 1.35 bits per heavy atom. The summed E-state index contributed by atoms with van der Waals surface area (Å²) in [7, 11) is 0. The van der Waals surface area contributed by atoms with Crippen LogP contribution in [-0.4, -0.2) is 87.5 Å².